The molecule has 7 heteroatoms. The van der Waals surface area contributed by atoms with Gasteiger partial charge in [0, 0.05) is 19.2 Å². The predicted octanol–water partition coefficient (Wildman–Crippen LogP) is 1.10. The number of aliphatic hydroxyl groups excluding tert-OH is 1. The summed E-state index contributed by atoms with van der Waals surface area (Å²) in [6.45, 7) is 0.144. The molecule has 1 aromatic rings. The number of esters is 1. The topological polar surface area (TPSA) is 85.3 Å². The van der Waals surface area contributed by atoms with Crippen molar-refractivity contribution in [2.24, 2.45) is 0 Å². The van der Waals surface area contributed by atoms with Crippen molar-refractivity contribution in [3.05, 3.63) is 29.8 Å². The van der Waals surface area contributed by atoms with Gasteiger partial charge >= 0.3 is 5.97 Å². The predicted molar refractivity (Wildman–Crippen MR) is 88.9 cm³/mol. The number of benzene rings is 1. The maximum atomic E-state index is 12.2. The van der Waals surface area contributed by atoms with E-state index in [1.807, 2.05) is 0 Å². The van der Waals surface area contributed by atoms with Gasteiger partial charge in [0.25, 0.3) is 0 Å². The average Bonchev–Trinajstić information content (AvgIpc) is 2.62. The van der Waals surface area contributed by atoms with E-state index in [0.29, 0.717) is 11.5 Å². The van der Waals surface area contributed by atoms with Gasteiger partial charge in [-0.25, -0.2) is 0 Å². The lowest BCUT2D eigenvalue weighted by Gasteiger charge is -2.19. The maximum absolute atomic E-state index is 12.2. The van der Waals surface area contributed by atoms with Gasteiger partial charge in [-0.05, 0) is 23.8 Å². The quantitative estimate of drug-likeness (QED) is 0.536. The molecule has 0 bridgehead atoms. The van der Waals surface area contributed by atoms with Crippen LogP contribution in [0.4, 0.5) is 0 Å². The van der Waals surface area contributed by atoms with Crippen LogP contribution in [0.25, 0.3) is 6.08 Å². The zero-order valence-corrected chi connectivity index (χ0v) is 14.2. The lowest BCUT2D eigenvalue weighted by Crippen LogP contribution is -2.34. The molecule has 0 unspecified atom stereocenters. The number of ether oxygens (including phenoxy) is 3. The van der Waals surface area contributed by atoms with E-state index in [1.165, 1.54) is 25.2 Å². The first-order valence-corrected chi connectivity index (χ1v) is 7.42. The summed E-state index contributed by atoms with van der Waals surface area (Å²) in [7, 11) is 4.37. The highest BCUT2D eigenvalue weighted by molar-refractivity contribution is 5.92. The molecule has 0 aliphatic heterocycles. The summed E-state index contributed by atoms with van der Waals surface area (Å²) in [6.07, 6.45) is 3.09. The SMILES string of the molecule is COC(=O)CCN(CCO)C(=O)/C=C/c1ccc(OC)c(OC)c1. The first-order chi connectivity index (χ1) is 11.5. The van der Waals surface area contributed by atoms with Crippen LogP contribution in [0.5, 0.6) is 11.5 Å². The average molecular weight is 337 g/mol. The highest BCUT2D eigenvalue weighted by atomic mass is 16.5. The number of nitrogens with zero attached hydrogens (tertiary/aromatic N) is 1. The third kappa shape index (κ3) is 5.92. The Balaban J connectivity index is 2.78. The van der Waals surface area contributed by atoms with Crippen LogP contribution < -0.4 is 9.47 Å². The van der Waals surface area contributed by atoms with Crippen LogP contribution in [0.3, 0.4) is 0 Å². The van der Waals surface area contributed by atoms with Crippen molar-refractivity contribution in [3.63, 3.8) is 0 Å². The summed E-state index contributed by atoms with van der Waals surface area (Å²) >= 11 is 0. The Hall–Kier alpha value is -2.54. The van der Waals surface area contributed by atoms with Crippen molar-refractivity contribution >= 4 is 18.0 Å². The zero-order valence-electron chi connectivity index (χ0n) is 14.2. The Morgan fingerprint density at radius 1 is 1.12 bits per heavy atom. The molecule has 1 rings (SSSR count). The Labute approximate surface area is 141 Å². The van der Waals surface area contributed by atoms with Crippen molar-refractivity contribution in [2.75, 3.05) is 41.0 Å². The number of hydrogen-bond donors (Lipinski definition) is 1. The molecule has 0 heterocycles. The minimum absolute atomic E-state index is 0.0758. The molecule has 0 atom stereocenters. The van der Waals surface area contributed by atoms with Crippen LogP contribution >= 0.6 is 0 Å². The van der Waals surface area contributed by atoms with Gasteiger partial charge < -0.3 is 24.2 Å². The Morgan fingerprint density at radius 2 is 1.83 bits per heavy atom. The third-order valence-electron chi connectivity index (χ3n) is 3.32. The molecular formula is C17H23NO6. The number of hydrogen-bond acceptors (Lipinski definition) is 6. The van der Waals surface area contributed by atoms with Crippen molar-refractivity contribution in [3.8, 4) is 11.5 Å². The van der Waals surface area contributed by atoms with Crippen molar-refractivity contribution in [1.29, 1.82) is 0 Å². The number of methoxy groups -OCH3 is 3. The first kappa shape index (κ1) is 19.5. The highest BCUT2D eigenvalue weighted by Gasteiger charge is 2.12. The van der Waals surface area contributed by atoms with Crippen LogP contribution in [0.15, 0.2) is 24.3 Å². The molecule has 0 aliphatic rings. The minimum Gasteiger partial charge on any atom is -0.493 e. The van der Waals surface area contributed by atoms with Crippen molar-refractivity contribution < 1.29 is 28.9 Å². The van der Waals surface area contributed by atoms with E-state index in [1.54, 1.807) is 31.4 Å². The molecule has 0 saturated carbocycles. The second-order valence-electron chi connectivity index (χ2n) is 4.82. The van der Waals surface area contributed by atoms with Crippen LogP contribution in [-0.4, -0.2) is 62.9 Å². The summed E-state index contributed by atoms with van der Waals surface area (Å²) in [6, 6.07) is 5.27. The molecule has 0 saturated heterocycles. The molecule has 0 radical (unpaired) electrons. The Morgan fingerprint density at radius 3 is 2.42 bits per heavy atom. The summed E-state index contributed by atoms with van der Waals surface area (Å²) in [5.74, 6) is 0.448. The van der Waals surface area contributed by atoms with Gasteiger partial charge in [0.15, 0.2) is 11.5 Å². The molecule has 0 aromatic heterocycles. The van der Waals surface area contributed by atoms with Crippen molar-refractivity contribution in [2.45, 2.75) is 6.42 Å². The normalized spacial score (nSPS) is 10.5. The van der Waals surface area contributed by atoms with Gasteiger partial charge in [-0.15, -0.1) is 0 Å². The summed E-state index contributed by atoms with van der Waals surface area (Å²) < 4.78 is 14.9. The van der Waals surface area contributed by atoms with Crippen LogP contribution in [-0.2, 0) is 14.3 Å². The molecule has 132 valence electrons. The summed E-state index contributed by atoms with van der Waals surface area (Å²) in [4.78, 5) is 24.8. The molecule has 1 aromatic carbocycles. The molecular weight excluding hydrogens is 314 g/mol. The minimum atomic E-state index is -0.408. The van der Waals surface area contributed by atoms with E-state index >= 15 is 0 Å². The fourth-order valence-electron chi connectivity index (χ4n) is 2.01. The molecule has 7 nitrogen and oxygen atoms in total. The van der Waals surface area contributed by atoms with Gasteiger partial charge in [-0.1, -0.05) is 6.07 Å². The Bertz CT molecular complexity index is 584. The zero-order chi connectivity index (χ0) is 17.9. The van der Waals surface area contributed by atoms with Gasteiger partial charge in [0.2, 0.25) is 5.91 Å². The second-order valence-corrected chi connectivity index (χ2v) is 4.82. The number of aliphatic hydroxyl groups is 1. The second kappa shape index (κ2) is 10.3. The van der Waals surface area contributed by atoms with Gasteiger partial charge in [-0.3, -0.25) is 9.59 Å². The van der Waals surface area contributed by atoms with Crippen LogP contribution in [0.2, 0.25) is 0 Å². The monoisotopic (exact) mass is 337 g/mol. The number of carbonyl (C=O) groups excluding carboxylic acids is 2. The van der Waals surface area contributed by atoms with E-state index < -0.39 is 5.97 Å². The van der Waals surface area contributed by atoms with Gasteiger partial charge in [0.05, 0.1) is 34.4 Å². The first-order valence-electron chi connectivity index (χ1n) is 7.42. The molecule has 0 fully saturated rings. The molecule has 24 heavy (non-hydrogen) atoms. The smallest absolute Gasteiger partial charge is 0.307 e. The molecule has 1 N–H and O–H groups in total. The van der Waals surface area contributed by atoms with E-state index in [4.69, 9.17) is 14.6 Å². The highest BCUT2D eigenvalue weighted by Crippen LogP contribution is 2.27. The largest absolute Gasteiger partial charge is 0.493 e. The number of rotatable bonds is 9. The van der Waals surface area contributed by atoms with Crippen LogP contribution in [0.1, 0.15) is 12.0 Å². The molecule has 1 amide bonds. The van der Waals surface area contributed by atoms with E-state index in [9.17, 15) is 9.59 Å². The van der Waals surface area contributed by atoms with Crippen LogP contribution in [0, 0.1) is 0 Å². The fraction of sp³-hybridized carbons (Fsp3) is 0.412. The standard InChI is InChI=1S/C17H23NO6/c1-22-14-6-4-13(12-15(14)23-2)5-7-16(20)18(10-11-19)9-8-17(21)24-3/h4-7,12,19H,8-11H2,1-3H3/b7-5+. The Kier molecular flexibility index (Phi) is 8.35. The fourth-order valence-corrected chi connectivity index (χ4v) is 2.01. The van der Waals surface area contributed by atoms with E-state index in [-0.39, 0.29) is 32.0 Å². The molecule has 0 spiro atoms. The van der Waals surface area contributed by atoms with E-state index in [2.05, 4.69) is 4.74 Å². The van der Waals surface area contributed by atoms with Gasteiger partial charge in [0.1, 0.15) is 0 Å². The summed E-state index contributed by atoms with van der Waals surface area (Å²) in [5.41, 5.74) is 0.762. The molecule has 0 aliphatic carbocycles. The van der Waals surface area contributed by atoms with Crippen molar-refractivity contribution in [1.82, 2.24) is 4.90 Å². The van der Waals surface area contributed by atoms with E-state index in [0.717, 1.165) is 5.56 Å². The lowest BCUT2D eigenvalue weighted by molar-refractivity contribution is -0.141. The van der Waals surface area contributed by atoms with Gasteiger partial charge in [-0.2, -0.15) is 0 Å². The number of amides is 1. The maximum Gasteiger partial charge on any atom is 0.307 e. The summed E-state index contributed by atoms with van der Waals surface area (Å²) in [5, 5.41) is 9.05. The number of carbonyl (C=O) groups is 2. The third-order valence-corrected chi connectivity index (χ3v) is 3.32. The lowest BCUT2D eigenvalue weighted by atomic mass is 10.2.